The van der Waals surface area contributed by atoms with E-state index >= 15 is 0 Å². The molecule has 7 heteroatoms. The van der Waals surface area contributed by atoms with Gasteiger partial charge in [-0.2, -0.15) is 0 Å². The van der Waals surface area contributed by atoms with E-state index in [9.17, 15) is 14.7 Å². The van der Waals surface area contributed by atoms with Gasteiger partial charge in [-0.25, -0.2) is 0 Å². The van der Waals surface area contributed by atoms with Gasteiger partial charge in [0, 0.05) is 18.7 Å². The number of nitrogens with zero attached hydrogens (tertiary/aromatic N) is 2. The van der Waals surface area contributed by atoms with Crippen LogP contribution in [0.2, 0.25) is 0 Å². The van der Waals surface area contributed by atoms with Gasteiger partial charge in [0.15, 0.2) is 0 Å². The number of aliphatic hydroxyl groups is 1. The summed E-state index contributed by atoms with van der Waals surface area (Å²) < 4.78 is 11.5. The van der Waals surface area contributed by atoms with Crippen molar-refractivity contribution in [1.29, 1.82) is 0 Å². The highest BCUT2D eigenvalue weighted by Gasteiger charge is 2.46. The molecule has 4 rings (SSSR count). The Labute approximate surface area is 236 Å². The van der Waals surface area contributed by atoms with Gasteiger partial charge in [0.25, 0.3) is 11.7 Å². The number of aryl methyl sites for hydroxylation is 1. The van der Waals surface area contributed by atoms with Crippen LogP contribution in [0.15, 0.2) is 78.4 Å². The van der Waals surface area contributed by atoms with Gasteiger partial charge in [-0.15, -0.1) is 0 Å². The Balaban J connectivity index is 1.65. The number of carbonyl (C=O) groups excluding carboxylic acids is 2. The molecule has 1 amide bonds. The first-order valence-corrected chi connectivity index (χ1v) is 13.9. The lowest BCUT2D eigenvalue weighted by Gasteiger charge is -2.28. The lowest BCUT2D eigenvalue weighted by molar-refractivity contribution is -0.140. The molecular formula is C33H38N2O5. The van der Waals surface area contributed by atoms with Gasteiger partial charge in [-0.3, -0.25) is 9.59 Å². The second-order valence-corrected chi connectivity index (χ2v) is 9.76. The molecule has 7 nitrogen and oxygen atoms in total. The molecule has 1 fully saturated rings. The predicted molar refractivity (Wildman–Crippen MR) is 156 cm³/mol. The minimum Gasteiger partial charge on any atom is -0.507 e. The van der Waals surface area contributed by atoms with E-state index in [1.54, 1.807) is 29.2 Å². The number of amides is 1. The lowest BCUT2D eigenvalue weighted by Crippen LogP contribution is -2.38. The second kappa shape index (κ2) is 13.3. The van der Waals surface area contributed by atoms with Crippen LogP contribution in [0.5, 0.6) is 11.5 Å². The van der Waals surface area contributed by atoms with Crippen molar-refractivity contribution in [2.24, 2.45) is 0 Å². The number of rotatable bonds is 12. The molecule has 1 N–H and O–H groups in total. The first-order valence-electron chi connectivity index (χ1n) is 13.9. The third-order valence-electron chi connectivity index (χ3n) is 7.38. The molecule has 40 heavy (non-hydrogen) atoms. The predicted octanol–water partition coefficient (Wildman–Crippen LogP) is 5.74. The van der Waals surface area contributed by atoms with Crippen molar-refractivity contribution in [1.82, 2.24) is 9.80 Å². The molecule has 1 unspecified atom stereocenters. The number of ether oxygens (including phenoxy) is 2. The first-order chi connectivity index (χ1) is 19.4. The summed E-state index contributed by atoms with van der Waals surface area (Å²) in [6.07, 6.45) is 0. The number of hydrogen-bond donors (Lipinski definition) is 1. The van der Waals surface area contributed by atoms with Gasteiger partial charge in [0.05, 0.1) is 18.2 Å². The molecule has 3 aromatic carbocycles. The number of benzene rings is 3. The lowest BCUT2D eigenvalue weighted by atomic mass is 9.95. The van der Waals surface area contributed by atoms with Crippen LogP contribution in [-0.2, 0) is 16.2 Å². The summed E-state index contributed by atoms with van der Waals surface area (Å²) in [5, 5.41) is 11.4. The molecule has 1 atom stereocenters. The Morgan fingerprint density at radius 1 is 0.875 bits per heavy atom. The summed E-state index contributed by atoms with van der Waals surface area (Å²) in [5.41, 5.74) is 3.51. The zero-order chi connectivity index (χ0) is 28.6. The van der Waals surface area contributed by atoms with Crippen molar-refractivity contribution in [2.45, 2.75) is 40.3 Å². The minimum absolute atomic E-state index is 0.0854. The zero-order valence-corrected chi connectivity index (χ0v) is 23.7. The molecule has 1 aliphatic rings. The fraction of sp³-hybridized carbons (Fsp3) is 0.333. The van der Waals surface area contributed by atoms with Crippen molar-refractivity contribution in [3.8, 4) is 11.5 Å². The summed E-state index contributed by atoms with van der Waals surface area (Å²) >= 11 is 0. The Kier molecular flexibility index (Phi) is 9.61. The fourth-order valence-electron chi connectivity index (χ4n) is 4.96. The van der Waals surface area contributed by atoms with E-state index in [2.05, 4.69) is 18.7 Å². The van der Waals surface area contributed by atoms with Gasteiger partial charge >= 0.3 is 0 Å². The average molecular weight is 543 g/mol. The molecule has 0 saturated carbocycles. The van der Waals surface area contributed by atoms with Crippen molar-refractivity contribution in [3.05, 3.63) is 101 Å². The molecule has 0 bridgehead atoms. The Bertz CT molecular complexity index is 1340. The van der Waals surface area contributed by atoms with Crippen LogP contribution in [0.25, 0.3) is 5.76 Å². The first kappa shape index (κ1) is 28.9. The van der Waals surface area contributed by atoms with E-state index in [0.717, 1.165) is 29.8 Å². The number of likely N-dealkylation sites (tertiary alicyclic amines) is 1. The quantitative estimate of drug-likeness (QED) is 0.179. The Hall–Kier alpha value is -4.10. The highest BCUT2D eigenvalue weighted by Crippen LogP contribution is 2.40. The number of carbonyl (C=O) groups is 2. The van der Waals surface area contributed by atoms with E-state index in [4.69, 9.17) is 9.47 Å². The van der Waals surface area contributed by atoms with Crippen molar-refractivity contribution >= 4 is 17.4 Å². The number of ketones is 1. The highest BCUT2D eigenvalue weighted by molar-refractivity contribution is 6.46. The fourth-order valence-corrected chi connectivity index (χ4v) is 4.96. The third kappa shape index (κ3) is 6.37. The van der Waals surface area contributed by atoms with E-state index in [-0.39, 0.29) is 11.3 Å². The van der Waals surface area contributed by atoms with Gasteiger partial charge in [-0.1, -0.05) is 50.2 Å². The Morgan fingerprint density at radius 2 is 1.50 bits per heavy atom. The monoisotopic (exact) mass is 542 g/mol. The number of Topliss-reactive ketones (excluding diaryl/α,β-unsaturated/α-hetero) is 1. The molecule has 0 aliphatic carbocycles. The van der Waals surface area contributed by atoms with Crippen molar-refractivity contribution in [2.75, 3.05) is 32.8 Å². The standard InChI is InChI=1S/C33H38N2O5/c1-5-34(6-2)20-21-35-30(24-12-16-27(17-13-24)39-7-3)29(32(37)33(35)38)31(36)25-14-18-28(19-15-25)40-22-26-11-9-8-10-23(26)4/h8-19,30,36H,5-7,20-22H2,1-4H3. The topological polar surface area (TPSA) is 79.3 Å². The molecule has 1 aliphatic heterocycles. The highest BCUT2D eigenvalue weighted by atomic mass is 16.5. The van der Waals surface area contributed by atoms with Crippen LogP contribution < -0.4 is 9.47 Å². The normalized spacial score (nSPS) is 16.5. The second-order valence-electron chi connectivity index (χ2n) is 9.76. The summed E-state index contributed by atoms with van der Waals surface area (Å²) in [5.74, 6) is -0.148. The largest absolute Gasteiger partial charge is 0.507 e. The van der Waals surface area contributed by atoms with Crippen LogP contribution in [0.3, 0.4) is 0 Å². The van der Waals surface area contributed by atoms with E-state index in [1.807, 2.05) is 62.4 Å². The van der Waals surface area contributed by atoms with Crippen molar-refractivity contribution < 1.29 is 24.2 Å². The molecule has 0 spiro atoms. The minimum atomic E-state index is -0.705. The summed E-state index contributed by atoms with van der Waals surface area (Å²) in [6.45, 7) is 11.7. The van der Waals surface area contributed by atoms with Crippen LogP contribution in [0, 0.1) is 6.92 Å². The molecule has 0 aromatic heterocycles. The molecule has 1 saturated heterocycles. The number of aliphatic hydroxyl groups excluding tert-OH is 1. The summed E-state index contributed by atoms with van der Waals surface area (Å²) in [6, 6.07) is 21.6. The van der Waals surface area contributed by atoms with Gasteiger partial charge in [0.1, 0.15) is 23.9 Å². The molecule has 1 heterocycles. The molecule has 3 aromatic rings. The number of hydrogen-bond acceptors (Lipinski definition) is 6. The summed E-state index contributed by atoms with van der Waals surface area (Å²) in [4.78, 5) is 30.4. The average Bonchev–Trinajstić information content (AvgIpc) is 3.23. The number of likely N-dealkylation sites (N-methyl/N-ethyl adjacent to an activating group) is 1. The van der Waals surface area contributed by atoms with E-state index < -0.39 is 17.7 Å². The summed E-state index contributed by atoms with van der Waals surface area (Å²) in [7, 11) is 0. The van der Waals surface area contributed by atoms with Gasteiger partial charge < -0.3 is 24.4 Å². The molecule has 0 radical (unpaired) electrons. The van der Waals surface area contributed by atoms with Crippen LogP contribution in [0.4, 0.5) is 0 Å². The molecular weight excluding hydrogens is 504 g/mol. The van der Waals surface area contributed by atoms with Crippen LogP contribution in [-0.4, -0.2) is 59.4 Å². The SMILES string of the molecule is CCOc1ccc(C2C(=C(O)c3ccc(OCc4ccccc4C)cc3)C(=O)C(=O)N2CCN(CC)CC)cc1. The van der Waals surface area contributed by atoms with Crippen LogP contribution >= 0.6 is 0 Å². The molecule has 210 valence electrons. The maximum absolute atomic E-state index is 13.4. The third-order valence-corrected chi connectivity index (χ3v) is 7.38. The maximum atomic E-state index is 13.4. The zero-order valence-electron chi connectivity index (χ0n) is 23.7. The van der Waals surface area contributed by atoms with E-state index in [0.29, 0.717) is 43.4 Å². The van der Waals surface area contributed by atoms with Crippen molar-refractivity contribution in [3.63, 3.8) is 0 Å². The van der Waals surface area contributed by atoms with E-state index in [1.165, 1.54) is 0 Å². The Morgan fingerprint density at radius 3 is 2.12 bits per heavy atom. The maximum Gasteiger partial charge on any atom is 0.295 e. The van der Waals surface area contributed by atoms with Gasteiger partial charge in [0.2, 0.25) is 0 Å². The smallest absolute Gasteiger partial charge is 0.295 e. The van der Waals surface area contributed by atoms with Gasteiger partial charge in [-0.05, 0) is 80.0 Å². The van der Waals surface area contributed by atoms with Crippen LogP contribution in [0.1, 0.15) is 49.1 Å².